The summed E-state index contributed by atoms with van der Waals surface area (Å²) in [6.07, 6.45) is 1.85. The molecule has 1 aliphatic rings. The Bertz CT molecular complexity index is 515. The SMILES string of the molecule is O=C(NCC1CCOCC1)c1cccc([N+](=O)[O-])c1Br. The van der Waals surface area contributed by atoms with Gasteiger partial charge in [-0.1, -0.05) is 6.07 Å². The van der Waals surface area contributed by atoms with Crippen molar-refractivity contribution in [3.05, 3.63) is 38.3 Å². The van der Waals surface area contributed by atoms with Crippen LogP contribution in [-0.2, 0) is 4.74 Å². The molecule has 0 saturated carbocycles. The van der Waals surface area contributed by atoms with Crippen molar-refractivity contribution in [2.75, 3.05) is 19.8 Å². The number of halogens is 1. The highest BCUT2D eigenvalue weighted by molar-refractivity contribution is 9.10. The molecule has 2 rings (SSSR count). The first-order chi connectivity index (χ1) is 9.59. The largest absolute Gasteiger partial charge is 0.381 e. The molecule has 0 aromatic heterocycles. The lowest BCUT2D eigenvalue weighted by Crippen LogP contribution is -2.32. The highest BCUT2D eigenvalue weighted by atomic mass is 79.9. The Morgan fingerprint density at radius 2 is 2.15 bits per heavy atom. The smallest absolute Gasteiger partial charge is 0.284 e. The van der Waals surface area contributed by atoms with Gasteiger partial charge in [0.15, 0.2) is 0 Å². The van der Waals surface area contributed by atoms with Crippen LogP contribution in [0, 0.1) is 16.0 Å². The molecule has 1 heterocycles. The Labute approximate surface area is 124 Å². The van der Waals surface area contributed by atoms with Gasteiger partial charge in [-0.15, -0.1) is 0 Å². The fourth-order valence-electron chi connectivity index (χ4n) is 2.12. The maximum absolute atomic E-state index is 12.1. The molecule has 0 radical (unpaired) electrons. The van der Waals surface area contributed by atoms with Crippen LogP contribution in [0.1, 0.15) is 23.2 Å². The van der Waals surface area contributed by atoms with E-state index in [1.807, 2.05) is 0 Å². The van der Waals surface area contributed by atoms with E-state index >= 15 is 0 Å². The van der Waals surface area contributed by atoms with Crippen molar-refractivity contribution >= 4 is 27.5 Å². The molecular formula is C13H15BrN2O4. The molecule has 1 fully saturated rings. The van der Waals surface area contributed by atoms with Crippen LogP contribution in [0.2, 0.25) is 0 Å². The zero-order valence-corrected chi connectivity index (χ0v) is 12.4. The first kappa shape index (κ1) is 14.9. The molecule has 0 unspecified atom stereocenters. The van der Waals surface area contributed by atoms with Crippen LogP contribution in [0.15, 0.2) is 22.7 Å². The number of nitrogens with one attached hydrogen (secondary N) is 1. The maximum atomic E-state index is 12.1. The van der Waals surface area contributed by atoms with Crippen molar-refractivity contribution in [3.8, 4) is 0 Å². The topological polar surface area (TPSA) is 81.5 Å². The summed E-state index contributed by atoms with van der Waals surface area (Å²) < 4.78 is 5.47. The van der Waals surface area contributed by atoms with Gasteiger partial charge in [0.25, 0.3) is 11.6 Å². The number of hydrogen-bond donors (Lipinski definition) is 1. The summed E-state index contributed by atoms with van der Waals surface area (Å²) in [5.41, 5.74) is 0.176. The number of nitro groups is 1. The van der Waals surface area contributed by atoms with Gasteiger partial charge in [-0.25, -0.2) is 0 Å². The van der Waals surface area contributed by atoms with Gasteiger partial charge >= 0.3 is 0 Å². The van der Waals surface area contributed by atoms with Crippen molar-refractivity contribution in [2.45, 2.75) is 12.8 Å². The highest BCUT2D eigenvalue weighted by Gasteiger charge is 2.20. The second kappa shape index (κ2) is 6.81. The van der Waals surface area contributed by atoms with E-state index in [4.69, 9.17) is 4.74 Å². The minimum atomic E-state index is -0.515. The van der Waals surface area contributed by atoms with Gasteiger partial charge < -0.3 is 10.1 Å². The van der Waals surface area contributed by atoms with E-state index in [2.05, 4.69) is 21.2 Å². The predicted octanol–water partition coefficient (Wildman–Crippen LogP) is 2.51. The quantitative estimate of drug-likeness (QED) is 0.673. The number of nitro benzene ring substituents is 1. The van der Waals surface area contributed by atoms with Gasteiger partial charge in [-0.05, 0) is 40.8 Å². The molecule has 1 aromatic carbocycles. The van der Waals surface area contributed by atoms with Gasteiger partial charge in [0.1, 0.15) is 4.47 Å². The molecule has 1 N–H and O–H groups in total. The fourth-order valence-corrected chi connectivity index (χ4v) is 2.71. The summed E-state index contributed by atoms with van der Waals surface area (Å²) in [5.74, 6) is 0.109. The predicted molar refractivity (Wildman–Crippen MR) is 76.7 cm³/mol. The Hall–Kier alpha value is -1.47. The first-order valence-electron chi connectivity index (χ1n) is 6.38. The number of rotatable bonds is 4. The Morgan fingerprint density at radius 1 is 1.45 bits per heavy atom. The molecule has 1 aliphatic heterocycles. The second-order valence-corrected chi connectivity index (χ2v) is 5.45. The fraction of sp³-hybridized carbons (Fsp3) is 0.462. The highest BCUT2D eigenvalue weighted by Crippen LogP contribution is 2.28. The lowest BCUT2D eigenvalue weighted by Gasteiger charge is -2.22. The minimum Gasteiger partial charge on any atom is -0.381 e. The van der Waals surface area contributed by atoms with Crippen LogP contribution in [0.5, 0.6) is 0 Å². The van der Waals surface area contributed by atoms with Crippen LogP contribution in [0.25, 0.3) is 0 Å². The van der Waals surface area contributed by atoms with Crippen molar-refractivity contribution in [2.24, 2.45) is 5.92 Å². The van der Waals surface area contributed by atoms with E-state index < -0.39 is 4.92 Å². The van der Waals surface area contributed by atoms with Gasteiger partial charge in [0, 0.05) is 25.8 Å². The van der Waals surface area contributed by atoms with Crippen LogP contribution in [0.4, 0.5) is 5.69 Å². The molecule has 0 atom stereocenters. The summed E-state index contributed by atoms with van der Waals surface area (Å²) >= 11 is 3.13. The summed E-state index contributed by atoms with van der Waals surface area (Å²) in [6.45, 7) is 2.01. The first-order valence-corrected chi connectivity index (χ1v) is 7.17. The lowest BCUT2D eigenvalue weighted by molar-refractivity contribution is -0.385. The van der Waals surface area contributed by atoms with E-state index in [0.29, 0.717) is 12.5 Å². The Balaban J connectivity index is 2.01. The molecule has 108 valence electrons. The molecule has 1 saturated heterocycles. The van der Waals surface area contributed by atoms with E-state index in [1.54, 1.807) is 6.07 Å². The van der Waals surface area contributed by atoms with Crippen LogP contribution < -0.4 is 5.32 Å². The molecule has 0 aliphatic carbocycles. The summed E-state index contributed by atoms with van der Waals surface area (Å²) in [6, 6.07) is 4.43. The summed E-state index contributed by atoms with van der Waals surface area (Å²) in [4.78, 5) is 22.4. The van der Waals surface area contributed by atoms with E-state index in [0.717, 1.165) is 26.1 Å². The molecule has 1 amide bonds. The zero-order chi connectivity index (χ0) is 14.5. The van der Waals surface area contributed by atoms with Gasteiger partial charge in [0.2, 0.25) is 0 Å². The molecule has 0 bridgehead atoms. The van der Waals surface area contributed by atoms with Crippen molar-refractivity contribution in [1.82, 2.24) is 5.32 Å². The van der Waals surface area contributed by atoms with E-state index in [-0.39, 0.29) is 21.6 Å². The normalized spacial score (nSPS) is 15.8. The number of nitrogens with zero attached hydrogens (tertiary/aromatic N) is 1. The molecular weight excluding hydrogens is 328 g/mol. The third-order valence-electron chi connectivity index (χ3n) is 3.31. The minimum absolute atomic E-state index is 0.108. The van der Waals surface area contributed by atoms with Crippen molar-refractivity contribution in [3.63, 3.8) is 0 Å². The summed E-state index contributed by atoms with van der Waals surface area (Å²) in [7, 11) is 0. The lowest BCUT2D eigenvalue weighted by atomic mass is 10.0. The molecule has 0 spiro atoms. The van der Waals surface area contributed by atoms with Crippen LogP contribution >= 0.6 is 15.9 Å². The Morgan fingerprint density at radius 3 is 2.80 bits per heavy atom. The number of carbonyl (C=O) groups is 1. The van der Waals surface area contributed by atoms with E-state index in [1.165, 1.54) is 12.1 Å². The third kappa shape index (κ3) is 3.55. The van der Waals surface area contributed by atoms with Crippen LogP contribution in [-0.4, -0.2) is 30.6 Å². The number of amides is 1. The number of benzene rings is 1. The molecule has 6 nitrogen and oxygen atoms in total. The van der Waals surface area contributed by atoms with Crippen molar-refractivity contribution < 1.29 is 14.5 Å². The average Bonchev–Trinajstić information content (AvgIpc) is 2.46. The monoisotopic (exact) mass is 342 g/mol. The van der Waals surface area contributed by atoms with E-state index in [9.17, 15) is 14.9 Å². The number of ether oxygens (including phenoxy) is 1. The molecule has 7 heteroatoms. The second-order valence-electron chi connectivity index (χ2n) is 4.66. The third-order valence-corrected chi connectivity index (χ3v) is 4.15. The maximum Gasteiger partial charge on any atom is 0.284 e. The molecule has 1 aromatic rings. The van der Waals surface area contributed by atoms with Crippen molar-refractivity contribution in [1.29, 1.82) is 0 Å². The number of carbonyl (C=O) groups excluding carboxylic acids is 1. The average molecular weight is 343 g/mol. The van der Waals surface area contributed by atoms with Gasteiger partial charge in [-0.2, -0.15) is 0 Å². The Kier molecular flexibility index (Phi) is 5.08. The number of hydrogen-bond acceptors (Lipinski definition) is 4. The summed E-state index contributed by atoms with van der Waals surface area (Å²) in [5, 5.41) is 13.7. The van der Waals surface area contributed by atoms with Crippen LogP contribution in [0.3, 0.4) is 0 Å². The van der Waals surface area contributed by atoms with Gasteiger partial charge in [-0.3, -0.25) is 14.9 Å². The zero-order valence-electron chi connectivity index (χ0n) is 10.8. The standard InChI is InChI=1S/C13H15BrN2O4/c14-12-10(2-1-3-11(12)16(18)19)13(17)15-8-9-4-6-20-7-5-9/h1-3,9H,4-8H2,(H,15,17). The molecule has 20 heavy (non-hydrogen) atoms. The van der Waals surface area contributed by atoms with Gasteiger partial charge in [0.05, 0.1) is 10.5 Å².